The molecule has 7 rings (SSSR count). The van der Waals surface area contributed by atoms with E-state index in [1.54, 1.807) is 0 Å². The average Bonchev–Trinajstić information content (AvgIpc) is 3.52. The fraction of sp³-hybridized carbons (Fsp3) is 0.484. The number of pyridine rings is 1. The summed E-state index contributed by atoms with van der Waals surface area (Å²) in [6.07, 6.45) is 3.37. The van der Waals surface area contributed by atoms with Gasteiger partial charge in [-0.05, 0) is 80.4 Å². The Kier molecular flexibility index (Phi) is 6.51. The molecular weight excluding hydrogens is 490 g/mol. The van der Waals surface area contributed by atoms with E-state index in [0.717, 1.165) is 80.1 Å². The standard InChI is InChI=1S/C31H37N5O3/c1-32-31(19-38-20-31)29-9-5-22-13-21(4-8-28(22)34-29)16-35-12-10-26(18-35)39-25-6-7-27-23(14-25)17-36(30(27)37)24-3-2-11-33-15-24/h4-9,13-14,24,26,32-33H,2-3,10-12,15-20H2,1H3/t24?,26-/m0/s1. The number of carbonyl (C=O) groups is 1. The van der Waals surface area contributed by atoms with Gasteiger partial charge in [0, 0.05) is 49.7 Å². The Morgan fingerprint density at radius 1 is 1.15 bits per heavy atom. The lowest BCUT2D eigenvalue weighted by Gasteiger charge is -2.40. The Morgan fingerprint density at radius 3 is 2.87 bits per heavy atom. The second-order valence-corrected chi connectivity index (χ2v) is 11.6. The van der Waals surface area contributed by atoms with E-state index in [1.165, 1.54) is 10.9 Å². The molecule has 0 aliphatic carbocycles. The van der Waals surface area contributed by atoms with Crippen LogP contribution in [0.5, 0.6) is 5.75 Å². The predicted molar refractivity (Wildman–Crippen MR) is 150 cm³/mol. The minimum Gasteiger partial charge on any atom is -0.489 e. The second kappa shape index (κ2) is 10.2. The van der Waals surface area contributed by atoms with Gasteiger partial charge < -0.3 is 25.0 Å². The van der Waals surface area contributed by atoms with Gasteiger partial charge in [0.2, 0.25) is 0 Å². The molecule has 2 atom stereocenters. The van der Waals surface area contributed by atoms with Crippen molar-refractivity contribution in [2.75, 3.05) is 46.4 Å². The van der Waals surface area contributed by atoms with Crippen LogP contribution in [0.25, 0.3) is 10.9 Å². The zero-order valence-electron chi connectivity index (χ0n) is 22.6. The molecule has 1 aromatic heterocycles. The van der Waals surface area contributed by atoms with Gasteiger partial charge >= 0.3 is 0 Å². The van der Waals surface area contributed by atoms with Crippen LogP contribution in [0.4, 0.5) is 0 Å². The summed E-state index contributed by atoms with van der Waals surface area (Å²) in [6, 6.07) is 17.2. The van der Waals surface area contributed by atoms with Crippen LogP contribution >= 0.6 is 0 Å². The molecule has 8 heteroatoms. The van der Waals surface area contributed by atoms with Crippen molar-refractivity contribution in [3.05, 3.63) is 70.9 Å². The van der Waals surface area contributed by atoms with Crippen molar-refractivity contribution in [3.63, 3.8) is 0 Å². The molecule has 8 nitrogen and oxygen atoms in total. The third-order valence-corrected chi connectivity index (χ3v) is 8.98. The van der Waals surface area contributed by atoms with E-state index in [4.69, 9.17) is 14.5 Å². The molecule has 1 unspecified atom stereocenters. The maximum Gasteiger partial charge on any atom is 0.254 e. The highest BCUT2D eigenvalue weighted by molar-refractivity contribution is 5.98. The number of carbonyl (C=O) groups excluding carboxylic acids is 1. The normalized spacial score (nSPS) is 24.6. The lowest BCUT2D eigenvalue weighted by Crippen LogP contribution is -2.56. The average molecular weight is 528 g/mol. The molecule has 5 heterocycles. The molecule has 0 radical (unpaired) electrons. The Labute approximate surface area is 229 Å². The predicted octanol–water partition coefficient (Wildman–Crippen LogP) is 3.04. The molecule has 3 saturated heterocycles. The van der Waals surface area contributed by atoms with Gasteiger partial charge in [0.1, 0.15) is 17.4 Å². The number of nitrogens with zero attached hydrogens (tertiary/aromatic N) is 3. The summed E-state index contributed by atoms with van der Waals surface area (Å²) in [5, 5.41) is 7.98. The van der Waals surface area contributed by atoms with Crippen LogP contribution in [0.2, 0.25) is 0 Å². The third kappa shape index (κ3) is 4.69. The van der Waals surface area contributed by atoms with Gasteiger partial charge in [0.15, 0.2) is 0 Å². The van der Waals surface area contributed by atoms with Crippen LogP contribution in [0.1, 0.15) is 46.4 Å². The van der Waals surface area contributed by atoms with Gasteiger partial charge in [0.25, 0.3) is 5.91 Å². The third-order valence-electron chi connectivity index (χ3n) is 8.98. The molecular formula is C31H37N5O3. The smallest absolute Gasteiger partial charge is 0.254 e. The quantitative estimate of drug-likeness (QED) is 0.489. The summed E-state index contributed by atoms with van der Waals surface area (Å²) in [7, 11) is 1.97. The lowest BCUT2D eigenvalue weighted by atomic mass is 9.92. The van der Waals surface area contributed by atoms with E-state index in [2.05, 4.69) is 51.9 Å². The van der Waals surface area contributed by atoms with Gasteiger partial charge in [-0.3, -0.25) is 14.7 Å². The van der Waals surface area contributed by atoms with Gasteiger partial charge in [-0.1, -0.05) is 12.1 Å². The van der Waals surface area contributed by atoms with Crippen LogP contribution in [0, 0.1) is 0 Å². The van der Waals surface area contributed by atoms with Crippen molar-refractivity contribution in [1.82, 2.24) is 25.4 Å². The second-order valence-electron chi connectivity index (χ2n) is 11.6. The molecule has 39 heavy (non-hydrogen) atoms. The zero-order chi connectivity index (χ0) is 26.4. The topological polar surface area (TPSA) is 79.0 Å². The number of hydrogen-bond acceptors (Lipinski definition) is 7. The number of ether oxygens (including phenoxy) is 2. The number of rotatable bonds is 7. The first-order valence-corrected chi connectivity index (χ1v) is 14.3. The minimum atomic E-state index is -0.155. The highest BCUT2D eigenvalue weighted by Crippen LogP contribution is 2.32. The highest BCUT2D eigenvalue weighted by atomic mass is 16.5. The van der Waals surface area contributed by atoms with Crippen molar-refractivity contribution in [2.24, 2.45) is 0 Å². The monoisotopic (exact) mass is 527 g/mol. The number of likely N-dealkylation sites (tertiary alicyclic amines) is 1. The summed E-state index contributed by atoms with van der Waals surface area (Å²) in [5.74, 6) is 1.04. The Balaban J connectivity index is 0.969. The number of hydrogen-bond donors (Lipinski definition) is 2. The summed E-state index contributed by atoms with van der Waals surface area (Å²) in [5.41, 5.74) is 5.14. The van der Waals surface area contributed by atoms with E-state index in [0.29, 0.717) is 25.8 Å². The summed E-state index contributed by atoms with van der Waals surface area (Å²) in [4.78, 5) is 22.4. The SMILES string of the molecule is CNC1(c2ccc3cc(CN4CC[C@H](Oc5ccc6c(c5)CN(C5CCCNC5)C6=O)C4)ccc3n2)COC1. The zero-order valence-corrected chi connectivity index (χ0v) is 22.6. The van der Waals surface area contributed by atoms with Crippen molar-refractivity contribution < 1.29 is 14.3 Å². The molecule has 0 saturated carbocycles. The van der Waals surface area contributed by atoms with Crippen molar-refractivity contribution >= 4 is 16.8 Å². The van der Waals surface area contributed by atoms with Crippen LogP contribution in [-0.4, -0.2) is 79.3 Å². The van der Waals surface area contributed by atoms with E-state index < -0.39 is 0 Å². The Bertz CT molecular complexity index is 1380. The van der Waals surface area contributed by atoms with Crippen LogP contribution in [-0.2, 0) is 23.4 Å². The fourth-order valence-corrected chi connectivity index (χ4v) is 6.54. The maximum absolute atomic E-state index is 13.0. The molecule has 2 N–H and O–H groups in total. The Hall–Kier alpha value is -3.04. The first kappa shape index (κ1) is 25.0. The van der Waals surface area contributed by atoms with Gasteiger partial charge in [0.05, 0.1) is 24.4 Å². The number of fused-ring (bicyclic) bond motifs is 2. The minimum absolute atomic E-state index is 0.155. The van der Waals surface area contributed by atoms with Crippen LogP contribution in [0.15, 0.2) is 48.5 Å². The molecule has 204 valence electrons. The Morgan fingerprint density at radius 2 is 2.08 bits per heavy atom. The lowest BCUT2D eigenvalue weighted by molar-refractivity contribution is -0.0768. The van der Waals surface area contributed by atoms with E-state index >= 15 is 0 Å². The van der Waals surface area contributed by atoms with E-state index in [1.807, 2.05) is 24.1 Å². The van der Waals surface area contributed by atoms with Gasteiger partial charge in [-0.25, -0.2) is 0 Å². The molecule has 0 bridgehead atoms. The number of benzene rings is 2. The van der Waals surface area contributed by atoms with E-state index in [9.17, 15) is 4.79 Å². The first-order chi connectivity index (χ1) is 19.1. The molecule has 4 aliphatic heterocycles. The summed E-state index contributed by atoms with van der Waals surface area (Å²) in [6.45, 7) is 6.77. The summed E-state index contributed by atoms with van der Waals surface area (Å²) < 4.78 is 11.9. The van der Waals surface area contributed by atoms with Gasteiger partial charge in [-0.2, -0.15) is 0 Å². The van der Waals surface area contributed by atoms with Crippen molar-refractivity contribution in [1.29, 1.82) is 0 Å². The van der Waals surface area contributed by atoms with Gasteiger partial charge in [-0.15, -0.1) is 0 Å². The molecule has 1 amide bonds. The van der Waals surface area contributed by atoms with Crippen LogP contribution < -0.4 is 15.4 Å². The number of piperidine rings is 1. The van der Waals surface area contributed by atoms with E-state index in [-0.39, 0.29) is 17.6 Å². The fourth-order valence-electron chi connectivity index (χ4n) is 6.54. The van der Waals surface area contributed by atoms with Crippen LogP contribution in [0.3, 0.4) is 0 Å². The molecule has 3 fully saturated rings. The number of aromatic nitrogens is 1. The van der Waals surface area contributed by atoms with Crippen molar-refractivity contribution in [3.8, 4) is 5.75 Å². The maximum atomic E-state index is 13.0. The molecule has 0 spiro atoms. The molecule has 2 aromatic carbocycles. The highest BCUT2D eigenvalue weighted by Gasteiger charge is 2.40. The largest absolute Gasteiger partial charge is 0.489 e. The number of likely N-dealkylation sites (N-methyl/N-ethyl adjacent to an activating group) is 1. The number of nitrogens with one attached hydrogen (secondary N) is 2. The first-order valence-electron chi connectivity index (χ1n) is 14.3. The molecule has 4 aliphatic rings. The summed E-state index contributed by atoms with van der Waals surface area (Å²) >= 11 is 0. The number of amides is 1. The van der Waals surface area contributed by atoms with Crippen molar-refractivity contribution in [2.45, 2.75) is 50.0 Å². The molecule has 3 aromatic rings.